The van der Waals surface area contributed by atoms with E-state index in [1.54, 1.807) is 0 Å². The van der Waals surface area contributed by atoms with E-state index in [-0.39, 0.29) is 6.61 Å². The van der Waals surface area contributed by atoms with Crippen LogP contribution in [0.4, 0.5) is 5.82 Å². The smallest absolute Gasteiger partial charge is 0.130 e. The summed E-state index contributed by atoms with van der Waals surface area (Å²) in [6.07, 6.45) is 0.860. The molecule has 4 heteroatoms. The molecule has 0 spiro atoms. The zero-order valence-electron chi connectivity index (χ0n) is 12.2. The van der Waals surface area contributed by atoms with Gasteiger partial charge in [-0.3, -0.25) is 0 Å². The van der Waals surface area contributed by atoms with Gasteiger partial charge in [-0.05, 0) is 25.8 Å². The van der Waals surface area contributed by atoms with E-state index in [2.05, 4.69) is 22.2 Å². The molecule has 0 saturated carbocycles. The largest absolute Gasteiger partial charge is 0.394 e. The van der Waals surface area contributed by atoms with E-state index in [1.165, 1.54) is 0 Å². The van der Waals surface area contributed by atoms with Gasteiger partial charge in [-0.25, -0.2) is 9.97 Å². The average Bonchev–Trinajstić information content (AvgIpc) is 2.47. The monoisotopic (exact) mass is 271 g/mol. The summed E-state index contributed by atoms with van der Waals surface area (Å²) in [5.74, 6) is 1.48. The lowest BCUT2D eigenvalue weighted by Gasteiger charge is -2.30. The fourth-order valence-electron chi connectivity index (χ4n) is 2.17. The third-order valence-corrected chi connectivity index (χ3v) is 3.38. The molecule has 2 rings (SSSR count). The SMILES string of the molecule is CCc1cc(NC(C)(CO)c2ccccc2)nc(C)n1. The number of nitrogens with zero attached hydrogens (tertiary/aromatic N) is 2. The van der Waals surface area contributed by atoms with E-state index in [0.29, 0.717) is 0 Å². The molecule has 0 radical (unpaired) electrons. The Labute approximate surface area is 119 Å². The molecule has 1 aromatic heterocycles. The Balaban J connectivity index is 2.33. The third-order valence-electron chi connectivity index (χ3n) is 3.38. The maximum atomic E-state index is 9.79. The average molecular weight is 271 g/mol. The first-order valence-electron chi connectivity index (χ1n) is 6.86. The summed E-state index contributed by atoms with van der Waals surface area (Å²) in [5.41, 5.74) is 1.46. The highest BCUT2D eigenvalue weighted by Crippen LogP contribution is 2.25. The second-order valence-corrected chi connectivity index (χ2v) is 5.13. The van der Waals surface area contributed by atoms with Crippen LogP contribution < -0.4 is 5.32 Å². The van der Waals surface area contributed by atoms with Gasteiger partial charge in [-0.2, -0.15) is 0 Å². The van der Waals surface area contributed by atoms with Gasteiger partial charge in [0.2, 0.25) is 0 Å². The Morgan fingerprint density at radius 2 is 1.90 bits per heavy atom. The van der Waals surface area contributed by atoms with Crippen LogP contribution in [0.1, 0.15) is 30.9 Å². The topological polar surface area (TPSA) is 58.0 Å². The number of aromatic nitrogens is 2. The molecule has 106 valence electrons. The lowest BCUT2D eigenvalue weighted by atomic mass is 9.93. The van der Waals surface area contributed by atoms with E-state index in [4.69, 9.17) is 0 Å². The molecule has 20 heavy (non-hydrogen) atoms. The highest BCUT2D eigenvalue weighted by atomic mass is 16.3. The Morgan fingerprint density at radius 3 is 2.50 bits per heavy atom. The van der Waals surface area contributed by atoms with Crippen molar-refractivity contribution in [3.8, 4) is 0 Å². The summed E-state index contributed by atoms with van der Waals surface area (Å²) in [4.78, 5) is 8.77. The maximum Gasteiger partial charge on any atom is 0.130 e. The van der Waals surface area contributed by atoms with Crippen LogP contribution in [0.25, 0.3) is 0 Å². The summed E-state index contributed by atoms with van der Waals surface area (Å²) in [5, 5.41) is 13.1. The van der Waals surface area contributed by atoms with E-state index in [0.717, 1.165) is 29.3 Å². The number of hydrogen-bond donors (Lipinski definition) is 2. The van der Waals surface area contributed by atoms with Gasteiger partial charge in [0.05, 0.1) is 12.1 Å². The molecular formula is C16H21N3O. The van der Waals surface area contributed by atoms with Crippen LogP contribution in [0.5, 0.6) is 0 Å². The second kappa shape index (κ2) is 6.01. The van der Waals surface area contributed by atoms with E-state index < -0.39 is 5.54 Å². The molecule has 0 saturated heterocycles. The van der Waals surface area contributed by atoms with Gasteiger partial charge in [0.15, 0.2) is 0 Å². The predicted molar refractivity (Wildman–Crippen MR) is 80.6 cm³/mol. The molecule has 2 N–H and O–H groups in total. The molecule has 1 aromatic carbocycles. The molecular weight excluding hydrogens is 250 g/mol. The molecule has 1 unspecified atom stereocenters. The van der Waals surface area contributed by atoms with Crippen molar-refractivity contribution in [2.45, 2.75) is 32.7 Å². The molecule has 1 heterocycles. The van der Waals surface area contributed by atoms with Crippen molar-refractivity contribution < 1.29 is 5.11 Å². The van der Waals surface area contributed by atoms with Crippen molar-refractivity contribution in [1.29, 1.82) is 0 Å². The van der Waals surface area contributed by atoms with Gasteiger partial charge in [-0.1, -0.05) is 37.3 Å². The maximum absolute atomic E-state index is 9.79. The van der Waals surface area contributed by atoms with Crippen LogP contribution in [0.2, 0.25) is 0 Å². The summed E-state index contributed by atoms with van der Waals surface area (Å²) in [6.45, 7) is 5.89. The van der Waals surface area contributed by atoms with Crippen molar-refractivity contribution >= 4 is 5.82 Å². The fraction of sp³-hybridized carbons (Fsp3) is 0.375. The van der Waals surface area contributed by atoms with Gasteiger partial charge in [0.1, 0.15) is 11.6 Å². The van der Waals surface area contributed by atoms with Crippen LogP contribution in [0, 0.1) is 6.92 Å². The minimum Gasteiger partial charge on any atom is -0.394 e. The number of anilines is 1. The lowest BCUT2D eigenvalue weighted by molar-refractivity contribution is 0.223. The van der Waals surface area contributed by atoms with Crippen molar-refractivity contribution in [3.63, 3.8) is 0 Å². The van der Waals surface area contributed by atoms with Crippen LogP contribution in [0.15, 0.2) is 36.4 Å². The Hall–Kier alpha value is -1.94. The number of hydrogen-bond acceptors (Lipinski definition) is 4. The minimum atomic E-state index is -0.562. The molecule has 0 aliphatic heterocycles. The van der Waals surface area contributed by atoms with Crippen LogP contribution in [-0.2, 0) is 12.0 Å². The number of aliphatic hydroxyl groups is 1. The Bertz CT molecular complexity index is 571. The van der Waals surface area contributed by atoms with Crippen molar-refractivity contribution in [1.82, 2.24) is 9.97 Å². The van der Waals surface area contributed by atoms with Crippen molar-refractivity contribution in [2.75, 3.05) is 11.9 Å². The van der Waals surface area contributed by atoms with Gasteiger partial charge in [-0.15, -0.1) is 0 Å². The first kappa shape index (κ1) is 14.5. The van der Waals surface area contributed by atoms with Crippen LogP contribution in [0.3, 0.4) is 0 Å². The lowest BCUT2D eigenvalue weighted by Crippen LogP contribution is -2.36. The van der Waals surface area contributed by atoms with Crippen LogP contribution >= 0.6 is 0 Å². The fourth-order valence-corrected chi connectivity index (χ4v) is 2.17. The zero-order valence-corrected chi connectivity index (χ0v) is 12.2. The summed E-state index contributed by atoms with van der Waals surface area (Å²) >= 11 is 0. The third kappa shape index (κ3) is 3.14. The van der Waals surface area contributed by atoms with E-state index >= 15 is 0 Å². The minimum absolute atomic E-state index is 0.0124. The molecule has 0 aliphatic carbocycles. The highest BCUT2D eigenvalue weighted by molar-refractivity contribution is 5.43. The van der Waals surface area contributed by atoms with Crippen molar-refractivity contribution in [3.05, 3.63) is 53.5 Å². The molecule has 0 amide bonds. The Kier molecular flexibility index (Phi) is 4.35. The molecule has 0 aliphatic rings. The number of nitrogens with one attached hydrogen (secondary N) is 1. The molecule has 2 aromatic rings. The first-order chi connectivity index (χ1) is 9.57. The highest BCUT2D eigenvalue weighted by Gasteiger charge is 2.26. The zero-order chi connectivity index (χ0) is 14.6. The van der Waals surface area contributed by atoms with Crippen molar-refractivity contribution in [2.24, 2.45) is 0 Å². The first-order valence-corrected chi connectivity index (χ1v) is 6.86. The van der Waals surface area contributed by atoms with Crippen LogP contribution in [-0.4, -0.2) is 21.7 Å². The molecule has 0 fully saturated rings. The van der Waals surface area contributed by atoms with Gasteiger partial charge >= 0.3 is 0 Å². The van der Waals surface area contributed by atoms with Gasteiger partial charge in [0.25, 0.3) is 0 Å². The molecule has 0 bridgehead atoms. The number of rotatable bonds is 5. The van der Waals surface area contributed by atoms with Gasteiger partial charge in [0, 0.05) is 11.8 Å². The van der Waals surface area contributed by atoms with E-state index in [1.807, 2.05) is 50.2 Å². The molecule has 4 nitrogen and oxygen atoms in total. The normalized spacial score (nSPS) is 13.8. The second-order valence-electron chi connectivity index (χ2n) is 5.13. The summed E-state index contributed by atoms with van der Waals surface area (Å²) < 4.78 is 0. The Morgan fingerprint density at radius 1 is 1.20 bits per heavy atom. The van der Waals surface area contributed by atoms with E-state index in [9.17, 15) is 5.11 Å². The summed E-state index contributed by atoms with van der Waals surface area (Å²) in [7, 11) is 0. The molecule has 1 atom stereocenters. The summed E-state index contributed by atoms with van der Waals surface area (Å²) in [6, 6.07) is 11.8. The quantitative estimate of drug-likeness (QED) is 0.878. The number of aryl methyl sites for hydroxylation is 2. The standard InChI is InChI=1S/C16H21N3O/c1-4-14-10-15(18-12(2)17-14)19-16(3,11-20)13-8-6-5-7-9-13/h5-10,20H,4,11H2,1-3H3,(H,17,18,19). The number of benzene rings is 1. The number of aliphatic hydroxyl groups excluding tert-OH is 1. The predicted octanol–water partition coefficient (Wildman–Crippen LogP) is 2.67. The van der Waals surface area contributed by atoms with Gasteiger partial charge < -0.3 is 10.4 Å².